The number of carbonyl (C=O) groups excluding carboxylic acids is 1. The zero-order chi connectivity index (χ0) is 19.5. The Hall–Kier alpha value is -2.53. The smallest absolute Gasteiger partial charge is 0.268 e. The Bertz CT molecular complexity index is 1060. The van der Waals surface area contributed by atoms with Gasteiger partial charge < -0.3 is 0 Å². The van der Waals surface area contributed by atoms with Crippen LogP contribution >= 0.6 is 35.0 Å². The lowest BCUT2D eigenvalue weighted by Gasteiger charge is -2.15. The molecule has 28 heavy (non-hydrogen) atoms. The molecule has 1 fully saturated rings. The molecule has 0 aliphatic carbocycles. The topological polar surface area (TPSA) is 32.7 Å². The molecule has 1 heterocycles. The molecule has 1 aliphatic heterocycles. The molecule has 0 unspecified atom stereocenters. The third-order valence-corrected chi connectivity index (χ3v) is 5.51. The largest absolute Gasteiger partial charge is 0.271 e. The summed E-state index contributed by atoms with van der Waals surface area (Å²) in [7, 11) is 0. The highest BCUT2D eigenvalue weighted by Crippen LogP contribution is 2.37. The number of rotatable bonds is 3. The van der Waals surface area contributed by atoms with E-state index in [0.29, 0.717) is 25.8 Å². The molecule has 3 aromatic rings. The van der Waals surface area contributed by atoms with Crippen LogP contribution in [-0.4, -0.2) is 11.1 Å². The fourth-order valence-electron chi connectivity index (χ4n) is 2.69. The van der Waals surface area contributed by atoms with E-state index in [-0.39, 0.29) is 5.91 Å². The summed E-state index contributed by atoms with van der Waals surface area (Å²) in [5, 5.41) is 1.83. The molecule has 138 valence electrons. The van der Waals surface area contributed by atoms with E-state index in [1.165, 1.54) is 11.8 Å². The molecule has 4 rings (SSSR count). The van der Waals surface area contributed by atoms with Gasteiger partial charge in [0.15, 0.2) is 5.17 Å². The second-order valence-electron chi connectivity index (χ2n) is 6.01. The molecule has 0 bridgehead atoms. The predicted molar refractivity (Wildman–Crippen MR) is 119 cm³/mol. The molecule has 0 saturated carbocycles. The van der Waals surface area contributed by atoms with Crippen LogP contribution in [0.1, 0.15) is 5.56 Å². The van der Waals surface area contributed by atoms with Crippen LogP contribution < -0.4 is 4.90 Å². The third-order valence-electron chi connectivity index (χ3n) is 4.04. The monoisotopic (exact) mass is 424 g/mol. The van der Waals surface area contributed by atoms with E-state index < -0.39 is 0 Å². The maximum Gasteiger partial charge on any atom is 0.271 e. The Morgan fingerprint density at radius 3 is 2.07 bits per heavy atom. The second-order valence-corrected chi connectivity index (χ2v) is 7.89. The van der Waals surface area contributed by atoms with Crippen LogP contribution in [0.4, 0.5) is 11.4 Å². The number of thioether (sulfide) groups is 1. The second kappa shape index (κ2) is 8.23. The van der Waals surface area contributed by atoms with Crippen molar-refractivity contribution in [3.63, 3.8) is 0 Å². The van der Waals surface area contributed by atoms with Gasteiger partial charge in [0.05, 0.1) is 16.3 Å². The minimum absolute atomic E-state index is 0.121. The summed E-state index contributed by atoms with van der Waals surface area (Å²) >= 11 is 13.3. The lowest BCUT2D eigenvalue weighted by Crippen LogP contribution is -2.28. The molecule has 1 amide bonds. The van der Waals surface area contributed by atoms with Crippen molar-refractivity contribution in [3.05, 3.63) is 99.4 Å². The van der Waals surface area contributed by atoms with Crippen molar-refractivity contribution < 1.29 is 4.79 Å². The lowest BCUT2D eigenvalue weighted by molar-refractivity contribution is -0.113. The van der Waals surface area contributed by atoms with Gasteiger partial charge in [0.1, 0.15) is 0 Å². The van der Waals surface area contributed by atoms with E-state index in [2.05, 4.69) is 4.99 Å². The highest BCUT2D eigenvalue weighted by molar-refractivity contribution is 8.19. The van der Waals surface area contributed by atoms with Gasteiger partial charge in [-0.3, -0.25) is 9.69 Å². The van der Waals surface area contributed by atoms with Crippen LogP contribution in [0.5, 0.6) is 0 Å². The van der Waals surface area contributed by atoms with Gasteiger partial charge in [-0.15, -0.1) is 0 Å². The molecule has 1 aliphatic rings. The van der Waals surface area contributed by atoms with Crippen molar-refractivity contribution in [2.75, 3.05) is 4.90 Å². The molecule has 3 nitrogen and oxygen atoms in total. The number of hydrogen-bond donors (Lipinski definition) is 0. The molecule has 1 saturated heterocycles. The van der Waals surface area contributed by atoms with E-state index in [9.17, 15) is 4.79 Å². The average Bonchev–Trinajstić information content (AvgIpc) is 3.00. The van der Waals surface area contributed by atoms with Crippen molar-refractivity contribution in [2.45, 2.75) is 0 Å². The third kappa shape index (κ3) is 4.14. The van der Waals surface area contributed by atoms with E-state index >= 15 is 0 Å². The highest BCUT2D eigenvalue weighted by atomic mass is 35.5. The average molecular weight is 425 g/mol. The molecule has 3 aromatic carbocycles. The van der Waals surface area contributed by atoms with Crippen molar-refractivity contribution in [3.8, 4) is 0 Å². The number of amidine groups is 1. The first-order valence-electron chi connectivity index (χ1n) is 8.49. The molecule has 0 N–H and O–H groups in total. The Labute approximate surface area is 177 Å². The zero-order valence-electron chi connectivity index (χ0n) is 14.5. The van der Waals surface area contributed by atoms with E-state index in [1.807, 2.05) is 60.7 Å². The van der Waals surface area contributed by atoms with E-state index in [1.54, 1.807) is 29.2 Å². The lowest BCUT2D eigenvalue weighted by atomic mass is 10.2. The first-order chi connectivity index (χ1) is 13.6. The van der Waals surface area contributed by atoms with Gasteiger partial charge in [-0.2, -0.15) is 0 Å². The molecule has 0 radical (unpaired) electrons. The maximum absolute atomic E-state index is 13.2. The first kappa shape index (κ1) is 18.8. The summed E-state index contributed by atoms with van der Waals surface area (Å²) < 4.78 is 0. The van der Waals surface area contributed by atoms with E-state index in [4.69, 9.17) is 23.2 Å². The minimum atomic E-state index is -0.121. The summed E-state index contributed by atoms with van der Waals surface area (Å²) in [6, 6.07) is 24.1. The van der Waals surface area contributed by atoms with Crippen molar-refractivity contribution in [1.29, 1.82) is 0 Å². The van der Waals surface area contributed by atoms with Gasteiger partial charge in [0.2, 0.25) is 0 Å². The van der Waals surface area contributed by atoms with Crippen molar-refractivity contribution in [1.82, 2.24) is 0 Å². The number of halogens is 2. The van der Waals surface area contributed by atoms with Gasteiger partial charge in [0.25, 0.3) is 5.91 Å². The van der Waals surface area contributed by atoms with Gasteiger partial charge in [-0.25, -0.2) is 4.99 Å². The Balaban J connectivity index is 1.77. The van der Waals surface area contributed by atoms with E-state index in [0.717, 1.165) is 11.3 Å². The number of amides is 1. The Morgan fingerprint density at radius 1 is 0.821 bits per heavy atom. The van der Waals surface area contributed by atoms with Crippen molar-refractivity contribution >= 4 is 63.5 Å². The summed E-state index contributed by atoms with van der Waals surface area (Å²) in [6.07, 6.45) is 1.88. The normalized spacial score (nSPS) is 16.9. The van der Waals surface area contributed by atoms with Crippen LogP contribution in [0.25, 0.3) is 6.08 Å². The maximum atomic E-state index is 13.2. The summed E-state index contributed by atoms with van der Waals surface area (Å²) in [4.78, 5) is 20.0. The van der Waals surface area contributed by atoms with Gasteiger partial charge in [0, 0.05) is 10.0 Å². The van der Waals surface area contributed by atoms with Crippen LogP contribution in [0.15, 0.2) is 88.8 Å². The fraction of sp³-hybridized carbons (Fsp3) is 0. The summed E-state index contributed by atoms with van der Waals surface area (Å²) in [5.41, 5.74) is 2.40. The number of carbonyl (C=O) groups is 1. The highest BCUT2D eigenvalue weighted by Gasteiger charge is 2.34. The molecule has 0 spiro atoms. The van der Waals surface area contributed by atoms with Crippen LogP contribution in [-0.2, 0) is 4.79 Å². The predicted octanol–water partition coefficient (Wildman–Crippen LogP) is 6.80. The number of aliphatic imine (C=N–C) groups is 1. The number of anilines is 1. The van der Waals surface area contributed by atoms with Crippen LogP contribution in [0.2, 0.25) is 10.0 Å². The Morgan fingerprint density at radius 2 is 1.43 bits per heavy atom. The zero-order valence-corrected chi connectivity index (χ0v) is 16.9. The first-order valence-corrected chi connectivity index (χ1v) is 10.1. The van der Waals surface area contributed by atoms with Crippen LogP contribution in [0.3, 0.4) is 0 Å². The molecule has 0 atom stereocenters. The SMILES string of the molecule is O=C1C(=Cc2ccccc2)SC(=Nc2ccc(Cl)cc2)N1c1ccc(Cl)cc1. The quantitative estimate of drug-likeness (QED) is 0.432. The minimum Gasteiger partial charge on any atom is -0.268 e. The molecule has 0 aromatic heterocycles. The molecular formula is C22H14Cl2N2OS. The Kier molecular flexibility index (Phi) is 5.53. The number of nitrogens with zero attached hydrogens (tertiary/aromatic N) is 2. The fourth-order valence-corrected chi connectivity index (χ4v) is 3.95. The van der Waals surface area contributed by atoms with Gasteiger partial charge >= 0.3 is 0 Å². The van der Waals surface area contributed by atoms with Gasteiger partial charge in [-0.1, -0.05) is 53.5 Å². The van der Waals surface area contributed by atoms with Gasteiger partial charge in [-0.05, 0) is 71.9 Å². The number of hydrogen-bond acceptors (Lipinski definition) is 3. The van der Waals surface area contributed by atoms with Crippen LogP contribution in [0, 0.1) is 0 Å². The standard InChI is InChI=1S/C22H14Cl2N2OS/c23-16-6-10-18(11-7-16)25-22-26(19-12-8-17(24)9-13-19)21(27)20(28-22)14-15-4-2-1-3-5-15/h1-14H. The molecule has 6 heteroatoms. The number of benzene rings is 3. The summed E-state index contributed by atoms with van der Waals surface area (Å²) in [6.45, 7) is 0. The summed E-state index contributed by atoms with van der Waals surface area (Å²) in [5.74, 6) is -0.121. The molecular weight excluding hydrogens is 411 g/mol. The van der Waals surface area contributed by atoms with Crippen molar-refractivity contribution in [2.24, 2.45) is 4.99 Å².